The molecule has 0 atom stereocenters. The molecule has 0 aliphatic carbocycles. The molecule has 1 heterocycles. The Kier molecular flexibility index (Phi) is 3.66. The van der Waals surface area contributed by atoms with Crippen LogP contribution in [0.15, 0.2) is 18.3 Å². The number of nitrogens with one attached hydrogen (secondary N) is 1. The van der Waals surface area contributed by atoms with Gasteiger partial charge in [0.25, 0.3) is 5.91 Å². The smallest absolute Gasteiger partial charge is 0.250 e. The molecule has 1 aromatic heterocycles. The predicted octanol–water partition coefficient (Wildman–Crippen LogP) is 2.06. The van der Waals surface area contributed by atoms with Gasteiger partial charge < -0.3 is 16.8 Å². The summed E-state index contributed by atoms with van der Waals surface area (Å²) in [4.78, 5) is 14.7. The van der Waals surface area contributed by atoms with Crippen LogP contribution in [0.5, 0.6) is 0 Å². The second-order valence-corrected chi connectivity index (χ2v) is 3.99. The number of amides is 1. The first-order valence-electron chi connectivity index (χ1n) is 5.46. The van der Waals surface area contributed by atoms with E-state index in [-0.39, 0.29) is 23.1 Å². The molecule has 0 saturated carbocycles. The average molecular weight is 300 g/mol. The Morgan fingerprint density at radius 2 is 1.67 bits per heavy atom. The lowest BCUT2D eigenvalue weighted by Gasteiger charge is -2.10. The summed E-state index contributed by atoms with van der Waals surface area (Å²) in [5, 5.41) is 2.04. The number of primary amides is 1. The van der Waals surface area contributed by atoms with Crippen LogP contribution >= 0.6 is 0 Å². The van der Waals surface area contributed by atoms with E-state index in [0.29, 0.717) is 0 Å². The Morgan fingerprint density at radius 3 is 2.19 bits per heavy atom. The highest BCUT2D eigenvalue weighted by atomic mass is 19.2. The number of halogens is 4. The molecule has 0 aliphatic rings. The molecule has 0 radical (unpaired) electrons. The van der Waals surface area contributed by atoms with Gasteiger partial charge in [0.15, 0.2) is 23.3 Å². The summed E-state index contributed by atoms with van der Waals surface area (Å²) in [6, 6.07) is 1.07. The van der Waals surface area contributed by atoms with E-state index in [9.17, 15) is 22.4 Å². The van der Waals surface area contributed by atoms with Crippen molar-refractivity contribution in [1.29, 1.82) is 0 Å². The molecule has 0 spiro atoms. The van der Waals surface area contributed by atoms with Gasteiger partial charge in [-0.15, -0.1) is 0 Å². The minimum atomic E-state index is -1.63. The molecule has 110 valence electrons. The Morgan fingerprint density at radius 1 is 1.10 bits per heavy atom. The minimum Gasteiger partial charge on any atom is -0.397 e. The second kappa shape index (κ2) is 5.27. The predicted molar refractivity (Wildman–Crippen MR) is 66.7 cm³/mol. The van der Waals surface area contributed by atoms with E-state index < -0.39 is 34.9 Å². The van der Waals surface area contributed by atoms with Crippen molar-refractivity contribution in [3.05, 3.63) is 47.2 Å². The lowest BCUT2D eigenvalue weighted by molar-refractivity contribution is 0.100. The standard InChI is InChI=1S/C12H8F4N4O/c13-5-2-6(14)10(16)11(9(5)15)20-8-1-4(12(18)21)7(17)3-19-8/h1-3H,17H2,(H2,18,21)(H,19,20). The number of pyridine rings is 1. The van der Waals surface area contributed by atoms with E-state index in [1.54, 1.807) is 0 Å². The van der Waals surface area contributed by atoms with Crippen molar-refractivity contribution in [2.75, 3.05) is 11.1 Å². The molecule has 5 nitrogen and oxygen atoms in total. The van der Waals surface area contributed by atoms with E-state index in [0.717, 1.165) is 12.3 Å². The summed E-state index contributed by atoms with van der Waals surface area (Å²) in [6.07, 6.45) is 1.01. The topological polar surface area (TPSA) is 94.0 Å². The molecule has 1 aromatic carbocycles. The Labute approximate surface area is 115 Å². The lowest BCUT2D eigenvalue weighted by atomic mass is 10.2. The zero-order valence-electron chi connectivity index (χ0n) is 10.3. The van der Waals surface area contributed by atoms with Crippen LogP contribution < -0.4 is 16.8 Å². The normalized spacial score (nSPS) is 10.5. The largest absolute Gasteiger partial charge is 0.397 e. The van der Waals surface area contributed by atoms with Gasteiger partial charge >= 0.3 is 0 Å². The first kappa shape index (κ1) is 14.6. The molecule has 1 amide bonds. The summed E-state index contributed by atoms with van der Waals surface area (Å²) in [5.74, 6) is -7.59. The quantitative estimate of drug-likeness (QED) is 0.597. The highest BCUT2D eigenvalue weighted by Gasteiger charge is 2.20. The third kappa shape index (κ3) is 2.71. The number of aromatic nitrogens is 1. The van der Waals surface area contributed by atoms with Crippen LogP contribution in [0.2, 0.25) is 0 Å². The minimum absolute atomic E-state index is 0.0561. The van der Waals surface area contributed by atoms with Crippen molar-refractivity contribution >= 4 is 23.1 Å². The van der Waals surface area contributed by atoms with Crippen LogP contribution in [-0.4, -0.2) is 10.9 Å². The summed E-state index contributed by atoms with van der Waals surface area (Å²) in [6.45, 7) is 0. The zero-order chi connectivity index (χ0) is 15.7. The van der Waals surface area contributed by atoms with Gasteiger partial charge in [-0.2, -0.15) is 0 Å². The van der Waals surface area contributed by atoms with Gasteiger partial charge in [-0.05, 0) is 6.07 Å². The van der Waals surface area contributed by atoms with Crippen molar-refractivity contribution in [3.63, 3.8) is 0 Å². The number of hydrogen-bond acceptors (Lipinski definition) is 4. The lowest BCUT2D eigenvalue weighted by Crippen LogP contribution is -2.14. The maximum absolute atomic E-state index is 13.5. The van der Waals surface area contributed by atoms with E-state index in [2.05, 4.69) is 4.98 Å². The van der Waals surface area contributed by atoms with E-state index in [1.807, 2.05) is 5.32 Å². The first-order valence-corrected chi connectivity index (χ1v) is 5.46. The summed E-state index contributed by atoms with van der Waals surface area (Å²) in [7, 11) is 0. The fourth-order valence-electron chi connectivity index (χ4n) is 1.56. The van der Waals surface area contributed by atoms with Crippen molar-refractivity contribution < 1.29 is 22.4 Å². The van der Waals surface area contributed by atoms with Crippen LogP contribution in [0.4, 0.5) is 34.8 Å². The van der Waals surface area contributed by atoms with E-state index >= 15 is 0 Å². The highest BCUT2D eigenvalue weighted by Crippen LogP contribution is 2.27. The molecule has 0 aliphatic heterocycles. The number of anilines is 3. The van der Waals surface area contributed by atoms with Gasteiger partial charge in [-0.25, -0.2) is 22.5 Å². The van der Waals surface area contributed by atoms with Crippen molar-refractivity contribution in [2.24, 2.45) is 5.73 Å². The first-order chi connectivity index (χ1) is 9.81. The van der Waals surface area contributed by atoms with Crippen molar-refractivity contribution in [2.45, 2.75) is 0 Å². The molecular formula is C12H8F4N4O. The fraction of sp³-hybridized carbons (Fsp3) is 0. The number of hydrogen-bond donors (Lipinski definition) is 3. The highest BCUT2D eigenvalue weighted by molar-refractivity contribution is 5.98. The summed E-state index contributed by atoms with van der Waals surface area (Å²) >= 11 is 0. The number of benzene rings is 1. The maximum atomic E-state index is 13.5. The molecule has 0 unspecified atom stereocenters. The Balaban J connectivity index is 2.48. The van der Waals surface area contributed by atoms with Crippen LogP contribution in [0.1, 0.15) is 10.4 Å². The molecule has 2 rings (SSSR count). The maximum Gasteiger partial charge on any atom is 0.250 e. The molecule has 0 bridgehead atoms. The molecular weight excluding hydrogens is 292 g/mol. The summed E-state index contributed by atoms with van der Waals surface area (Å²) in [5.41, 5.74) is 9.17. The van der Waals surface area contributed by atoms with Crippen molar-refractivity contribution in [3.8, 4) is 0 Å². The molecule has 21 heavy (non-hydrogen) atoms. The van der Waals surface area contributed by atoms with Crippen LogP contribution in [-0.2, 0) is 0 Å². The van der Waals surface area contributed by atoms with Crippen LogP contribution in [0.25, 0.3) is 0 Å². The van der Waals surface area contributed by atoms with Gasteiger partial charge in [0, 0.05) is 6.07 Å². The Hall–Kier alpha value is -2.84. The molecule has 0 fully saturated rings. The second-order valence-electron chi connectivity index (χ2n) is 3.99. The van der Waals surface area contributed by atoms with Gasteiger partial charge in [-0.1, -0.05) is 0 Å². The number of rotatable bonds is 3. The average Bonchev–Trinajstić information content (AvgIpc) is 2.43. The number of carbonyl (C=O) groups excluding carboxylic acids is 1. The molecule has 5 N–H and O–H groups in total. The number of carbonyl (C=O) groups is 1. The van der Waals surface area contributed by atoms with Gasteiger partial charge in [0.05, 0.1) is 17.4 Å². The third-order valence-corrected chi connectivity index (χ3v) is 2.57. The van der Waals surface area contributed by atoms with Gasteiger partial charge in [-0.3, -0.25) is 4.79 Å². The van der Waals surface area contributed by atoms with Crippen LogP contribution in [0, 0.1) is 23.3 Å². The monoisotopic (exact) mass is 300 g/mol. The zero-order valence-corrected chi connectivity index (χ0v) is 10.3. The van der Waals surface area contributed by atoms with Gasteiger partial charge in [0.1, 0.15) is 11.5 Å². The Bertz CT molecular complexity index is 709. The molecule has 0 saturated heterocycles. The SMILES string of the molecule is NC(=O)c1cc(Nc2c(F)c(F)cc(F)c2F)ncc1N. The van der Waals surface area contributed by atoms with Gasteiger partial charge in [0.2, 0.25) is 0 Å². The number of nitrogen functional groups attached to an aromatic ring is 1. The molecule has 9 heteroatoms. The van der Waals surface area contributed by atoms with Crippen molar-refractivity contribution in [1.82, 2.24) is 4.98 Å². The number of nitrogens with two attached hydrogens (primary N) is 2. The summed E-state index contributed by atoms with van der Waals surface area (Å²) < 4.78 is 53.1. The van der Waals surface area contributed by atoms with E-state index in [1.165, 1.54) is 0 Å². The van der Waals surface area contributed by atoms with Crippen LogP contribution in [0.3, 0.4) is 0 Å². The number of nitrogens with zero attached hydrogens (tertiary/aromatic N) is 1. The third-order valence-electron chi connectivity index (χ3n) is 2.57. The fourth-order valence-corrected chi connectivity index (χ4v) is 1.56. The molecule has 2 aromatic rings. The van der Waals surface area contributed by atoms with E-state index in [4.69, 9.17) is 11.5 Å².